The lowest BCUT2D eigenvalue weighted by atomic mass is 10.3. The molecule has 0 spiro atoms. The molecule has 7 nitrogen and oxygen atoms in total. The highest BCUT2D eigenvalue weighted by Gasteiger charge is 2.10. The van der Waals surface area contributed by atoms with E-state index in [0.29, 0.717) is 24.1 Å². The zero-order valence-electron chi connectivity index (χ0n) is 11.3. The number of aryl methyl sites for hydroxylation is 1. The zero-order valence-corrected chi connectivity index (χ0v) is 12.1. The maximum absolute atomic E-state index is 12.3. The highest BCUT2D eigenvalue weighted by atomic mass is 32.1. The molecule has 0 aliphatic heterocycles. The summed E-state index contributed by atoms with van der Waals surface area (Å²) in [6.07, 6.45) is 1.51. The Hall–Kier alpha value is -2.50. The highest BCUT2D eigenvalue weighted by Crippen LogP contribution is 2.14. The third kappa shape index (κ3) is 2.56. The fourth-order valence-electron chi connectivity index (χ4n) is 1.91. The Labute approximate surface area is 124 Å². The van der Waals surface area contributed by atoms with Crippen LogP contribution in [0.25, 0.3) is 11.0 Å². The van der Waals surface area contributed by atoms with Crippen LogP contribution in [-0.4, -0.2) is 31.3 Å². The van der Waals surface area contributed by atoms with Crippen molar-refractivity contribution in [3.8, 4) is 11.8 Å². The van der Waals surface area contributed by atoms with Gasteiger partial charge >= 0.3 is 0 Å². The second-order valence-electron chi connectivity index (χ2n) is 4.37. The van der Waals surface area contributed by atoms with E-state index in [-0.39, 0.29) is 5.56 Å². The molecular formula is C13H12N6OS. The van der Waals surface area contributed by atoms with E-state index in [0.717, 1.165) is 10.4 Å². The first-order chi connectivity index (χ1) is 10.2. The van der Waals surface area contributed by atoms with Crippen LogP contribution in [0.15, 0.2) is 22.4 Å². The summed E-state index contributed by atoms with van der Waals surface area (Å²) in [5.74, 6) is 5.75. The van der Waals surface area contributed by atoms with E-state index in [1.54, 1.807) is 7.05 Å². The molecule has 106 valence electrons. The van der Waals surface area contributed by atoms with Crippen molar-refractivity contribution >= 4 is 22.4 Å². The lowest BCUT2D eigenvalue weighted by molar-refractivity contribution is 0.600. The molecular weight excluding hydrogens is 288 g/mol. The Kier molecular flexibility index (Phi) is 3.51. The molecule has 8 heteroatoms. The molecule has 21 heavy (non-hydrogen) atoms. The van der Waals surface area contributed by atoms with Crippen molar-refractivity contribution in [2.24, 2.45) is 12.8 Å². The summed E-state index contributed by atoms with van der Waals surface area (Å²) in [5, 5.41) is 14.4. The van der Waals surface area contributed by atoms with E-state index in [2.05, 4.69) is 27.3 Å². The standard InChI is InChI=1S/C13H12N6OS/c1-18-12-11(6-15-18)13(20)19(17-16-12)7-10-5-9(8-21-10)3-2-4-14/h5-6,8H,4,7,14H2,1H3. The van der Waals surface area contributed by atoms with Crippen LogP contribution in [-0.2, 0) is 13.6 Å². The Morgan fingerprint density at radius 1 is 1.48 bits per heavy atom. The van der Waals surface area contributed by atoms with Crippen molar-refractivity contribution in [1.29, 1.82) is 0 Å². The van der Waals surface area contributed by atoms with E-state index in [1.165, 1.54) is 26.9 Å². The molecule has 3 rings (SSSR count). The van der Waals surface area contributed by atoms with Crippen LogP contribution < -0.4 is 11.3 Å². The van der Waals surface area contributed by atoms with Gasteiger partial charge in [0, 0.05) is 22.9 Å². The molecule has 0 amide bonds. The van der Waals surface area contributed by atoms with Crippen molar-refractivity contribution in [2.45, 2.75) is 6.54 Å². The molecule has 0 saturated carbocycles. The second-order valence-corrected chi connectivity index (χ2v) is 5.36. The largest absolute Gasteiger partial charge is 0.320 e. The molecule has 0 aromatic carbocycles. The van der Waals surface area contributed by atoms with Crippen LogP contribution in [0.5, 0.6) is 0 Å². The molecule has 0 unspecified atom stereocenters. The Morgan fingerprint density at radius 3 is 3.14 bits per heavy atom. The van der Waals surface area contributed by atoms with Crippen LogP contribution in [0.4, 0.5) is 0 Å². The molecule has 0 fully saturated rings. The van der Waals surface area contributed by atoms with Gasteiger partial charge in [-0.2, -0.15) is 5.10 Å². The van der Waals surface area contributed by atoms with Gasteiger partial charge in [-0.1, -0.05) is 17.1 Å². The van der Waals surface area contributed by atoms with E-state index in [9.17, 15) is 4.79 Å². The quantitative estimate of drug-likeness (QED) is 0.670. The van der Waals surface area contributed by atoms with E-state index < -0.39 is 0 Å². The minimum Gasteiger partial charge on any atom is -0.320 e. The first-order valence-corrected chi connectivity index (χ1v) is 7.09. The SMILES string of the molecule is Cn1ncc2c(=O)n(Cc3cc(C#CCN)cs3)nnc21. The Bertz CT molecular complexity index is 910. The number of hydrogen-bond acceptors (Lipinski definition) is 6. The van der Waals surface area contributed by atoms with Crippen molar-refractivity contribution < 1.29 is 0 Å². The first kappa shape index (κ1) is 13.5. The summed E-state index contributed by atoms with van der Waals surface area (Å²) in [6, 6.07) is 1.93. The number of thiophene rings is 1. The maximum atomic E-state index is 12.3. The van der Waals surface area contributed by atoms with Gasteiger partial charge in [-0.15, -0.1) is 16.4 Å². The minimum absolute atomic E-state index is 0.198. The summed E-state index contributed by atoms with van der Waals surface area (Å²) in [4.78, 5) is 13.3. The van der Waals surface area contributed by atoms with Gasteiger partial charge in [0.15, 0.2) is 5.65 Å². The van der Waals surface area contributed by atoms with Crippen LogP contribution >= 0.6 is 11.3 Å². The summed E-state index contributed by atoms with van der Waals surface area (Å²) in [6.45, 7) is 0.694. The molecule has 0 radical (unpaired) electrons. The molecule has 3 aromatic heterocycles. The number of fused-ring (bicyclic) bond motifs is 1. The van der Waals surface area contributed by atoms with Gasteiger partial charge < -0.3 is 5.73 Å². The third-order valence-corrected chi connectivity index (χ3v) is 3.84. The van der Waals surface area contributed by atoms with Gasteiger partial charge in [0.25, 0.3) is 5.56 Å². The normalized spacial score (nSPS) is 10.6. The molecule has 0 aliphatic carbocycles. The summed E-state index contributed by atoms with van der Waals surface area (Å²) < 4.78 is 2.86. The smallest absolute Gasteiger partial charge is 0.281 e. The predicted molar refractivity (Wildman–Crippen MR) is 79.9 cm³/mol. The number of nitrogens with two attached hydrogens (primary N) is 1. The number of aromatic nitrogens is 5. The summed E-state index contributed by atoms with van der Waals surface area (Å²) >= 11 is 1.52. The molecule has 0 saturated heterocycles. The molecule has 2 N–H and O–H groups in total. The minimum atomic E-state index is -0.198. The lowest BCUT2D eigenvalue weighted by Gasteiger charge is -2.00. The van der Waals surface area contributed by atoms with E-state index in [4.69, 9.17) is 5.73 Å². The maximum Gasteiger partial charge on any atom is 0.281 e. The van der Waals surface area contributed by atoms with Gasteiger partial charge in [0.05, 0.1) is 19.3 Å². The van der Waals surface area contributed by atoms with Crippen LogP contribution in [0.2, 0.25) is 0 Å². The van der Waals surface area contributed by atoms with Crippen molar-refractivity contribution in [1.82, 2.24) is 24.8 Å². The molecule has 0 bridgehead atoms. The second kappa shape index (κ2) is 5.47. The van der Waals surface area contributed by atoms with Gasteiger partial charge in [-0.05, 0) is 6.07 Å². The van der Waals surface area contributed by atoms with Crippen molar-refractivity contribution in [3.05, 3.63) is 38.4 Å². The average Bonchev–Trinajstić information content (AvgIpc) is 3.07. The first-order valence-electron chi connectivity index (χ1n) is 6.21. The zero-order chi connectivity index (χ0) is 14.8. The molecule has 0 aliphatic rings. The van der Waals surface area contributed by atoms with Crippen molar-refractivity contribution in [3.63, 3.8) is 0 Å². The fourth-order valence-corrected chi connectivity index (χ4v) is 2.71. The molecule has 3 aromatic rings. The van der Waals surface area contributed by atoms with Gasteiger partial charge in [-0.3, -0.25) is 4.79 Å². The monoisotopic (exact) mass is 300 g/mol. The summed E-state index contributed by atoms with van der Waals surface area (Å²) in [5.41, 5.74) is 6.52. The Balaban J connectivity index is 1.93. The number of hydrogen-bond donors (Lipinski definition) is 1. The van der Waals surface area contributed by atoms with Crippen LogP contribution in [0.1, 0.15) is 10.4 Å². The third-order valence-electron chi connectivity index (χ3n) is 2.91. The summed E-state index contributed by atoms with van der Waals surface area (Å²) in [7, 11) is 1.72. The predicted octanol–water partition coefficient (Wildman–Crippen LogP) is -0.0550. The fraction of sp³-hybridized carbons (Fsp3) is 0.231. The van der Waals surface area contributed by atoms with Crippen LogP contribution in [0.3, 0.4) is 0 Å². The van der Waals surface area contributed by atoms with E-state index >= 15 is 0 Å². The number of nitrogens with zero attached hydrogens (tertiary/aromatic N) is 5. The molecule has 0 atom stereocenters. The van der Waals surface area contributed by atoms with Gasteiger partial charge in [0.1, 0.15) is 5.39 Å². The van der Waals surface area contributed by atoms with Gasteiger partial charge in [0.2, 0.25) is 0 Å². The average molecular weight is 300 g/mol. The highest BCUT2D eigenvalue weighted by molar-refractivity contribution is 7.10. The van der Waals surface area contributed by atoms with E-state index in [1.807, 2.05) is 11.4 Å². The Morgan fingerprint density at radius 2 is 2.33 bits per heavy atom. The lowest BCUT2D eigenvalue weighted by Crippen LogP contribution is -2.24. The number of rotatable bonds is 2. The van der Waals surface area contributed by atoms with Crippen molar-refractivity contribution in [2.75, 3.05) is 6.54 Å². The topological polar surface area (TPSA) is 91.6 Å². The van der Waals surface area contributed by atoms with Gasteiger partial charge in [-0.25, -0.2) is 9.36 Å². The molecule has 3 heterocycles. The van der Waals surface area contributed by atoms with Crippen LogP contribution in [0, 0.1) is 11.8 Å².